The zero-order valence-corrected chi connectivity index (χ0v) is 17.7. The van der Waals surface area contributed by atoms with Crippen LogP contribution in [-0.2, 0) is 11.8 Å². The van der Waals surface area contributed by atoms with E-state index in [9.17, 15) is 13.6 Å². The van der Waals surface area contributed by atoms with E-state index in [0.717, 1.165) is 28.0 Å². The van der Waals surface area contributed by atoms with Crippen LogP contribution in [0.5, 0.6) is 0 Å². The lowest BCUT2D eigenvalue weighted by atomic mass is 9.77. The number of carbonyl (C=O) groups excluding carboxylic acids is 1. The van der Waals surface area contributed by atoms with E-state index in [4.69, 9.17) is 0 Å². The molecule has 0 spiro atoms. The maximum absolute atomic E-state index is 13.1. The summed E-state index contributed by atoms with van der Waals surface area (Å²) in [6, 6.07) is 18.8. The van der Waals surface area contributed by atoms with Gasteiger partial charge in [0.15, 0.2) is 5.78 Å². The van der Waals surface area contributed by atoms with Crippen LogP contribution in [0.4, 0.5) is 8.78 Å². The fourth-order valence-corrected chi connectivity index (χ4v) is 4.60. The van der Waals surface area contributed by atoms with Gasteiger partial charge in [-0.15, -0.1) is 11.8 Å². The third-order valence-corrected chi connectivity index (χ3v) is 6.57. The van der Waals surface area contributed by atoms with Gasteiger partial charge in [-0.2, -0.15) is 0 Å². The highest BCUT2D eigenvalue weighted by Crippen LogP contribution is 2.42. The van der Waals surface area contributed by atoms with Gasteiger partial charge >= 0.3 is 0 Å². The van der Waals surface area contributed by atoms with Crippen LogP contribution >= 0.6 is 11.8 Å². The van der Waals surface area contributed by atoms with Crippen LogP contribution in [0.25, 0.3) is 0 Å². The molecule has 0 N–H and O–H groups in total. The third-order valence-electron chi connectivity index (χ3n) is 5.20. The lowest BCUT2D eigenvalue weighted by Gasteiger charge is -2.33. The molecule has 0 saturated carbocycles. The summed E-state index contributed by atoms with van der Waals surface area (Å²) in [5.74, 6) is 0.378. The summed E-state index contributed by atoms with van der Waals surface area (Å²) in [5, 5.41) is 0. The number of Topliss-reactive ketones (excluding diaryl/α,β-unsaturated/α-hetero) is 1. The average molecular weight is 411 g/mol. The monoisotopic (exact) mass is 410 g/mol. The second kappa shape index (κ2) is 8.91. The van der Waals surface area contributed by atoms with Gasteiger partial charge in [-0.1, -0.05) is 37.3 Å². The highest BCUT2D eigenvalue weighted by molar-refractivity contribution is 7.99. The third kappa shape index (κ3) is 4.76. The van der Waals surface area contributed by atoms with Gasteiger partial charge in [0, 0.05) is 16.2 Å². The Hall–Kier alpha value is -2.46. The number of ketones is 1. The lowest BCUT2D eigenvalue weighted by molar-refractivity contribution is 0.0905. The highest BCUT2D eigenvalue weighted by Gasteiger charge is 2.40. The summed E-state index contributed by atoms with van der Waals surface area (Å²) in [7, 11) is 0. The van der Waals surface area contributed by atoms with Crippen LogP contribution in [-0.4, -0.2) is 11.5 Å². The molecule has 1 nitrogen and oxygen atoms in total. The second-order valence-electron chi connectivity index (χ2n) is 7.44. The van der Waals surface area contributed by atoms with Gasteiger partial charge in [-0.25, -0.2) is 8.78 Å². The molecule has 4 rings (SSSR count). The summed E-state index contributed by atoms with van der Waals surface area (Å²) in [4.78, 5) is 13.9. The largest absolute Gasteiger partial charge is 0.293 e. The molecule has 29 heavy (non-hydrogen) atoms. The molecule has 3 aromatic carbocycles. The number of hydrogen-bond donors (Lipinski definition) is 0. The smallest absolute Gasteiger partial charge is 0.175 e. The molecule has 1 atom stereocenters. The number of halogens is 2. The van der Waals surface area contributed by atoms with Crippen LogP contribution in [0, 0.1) is 18.6 Å². The van der Waals surface area contributed by atoms with Gasteiger partial charge in [0.1, 0.15) is 11.6 Å². The maximum atomic E-state index is 13.1. The molecule has 0 amide bonds. The molecule has 1 aliphatic rings. The van der Waals surface area contributed by atoms with Gasteiger partial charge < -0.3 is 0 Å². The van der Waals surface area contributed by atoms with Gasteiger partial charge in [0.05, 0.1) is 5.41 Å². The molecular weight excluding hydrogens is 386 g/mol. The molecule has 3 aromatic rings. The molecule has 4 heteroatoms. The van der Waals surface area contributed by atoms with Crippen molar-refractivity contribution < 1.29 is 13.6 Å². The first-order valence-corrected chi connectivity index (χ1v) is 10.6. The van der Waals surface area contributed by atoms with Crippen molar-refractivity contribution in [1.82, 2.24) is 0 Å². The number of rotatable bonds is 2. The van der Waals surface area contributed by atoms with Gasteiger partial charge in [-0.3, -0.25) is 4.79 Å². The number of benzene rings is 3. The molecular formula is C25H24F2OS. The summed E-state index contributed by atoms with van der Waals surface area (Å²) < 4.78 is 25.3. The number of fused-ring (bicyclic) bond motifs is 1. The number of carbonyl (C=O) groups is 1. The normalized spacial score (nSPS) is 17.9. The summed E-state index contributed by atoms with van der Waals surface area (Å²) in [6.45, 7) is 6.02. The van der Waals surface area contributed by atoms with Crippen molar-refractivity contribution in [3.05, 3.63) is 101 Å². The Morgan fingerprint density at radius 1 is 0.931 bits per heavy atom. The van der Waals surface area contributed by atoms with Crippen LogP contribution in [0.3, 0.4) is 0 Å². The van der Waals surface area contributed by atoms with E-state index in [2.05, 4.69) is 6.07 Å². The zero-order chi connectivity index (χ0) is 21.0. The lowest BCUT2D eigenvalue weighted by Crippen LogP contribution is -2.38. The number of thioether (sulfide) groups is 1. The molecule has 0 radical (unpaired) electrons. The fourth-order valence-electron chi connectivity index (χ4n) is 3.27. The zero-order valence-electron chi connectivity index (χ0n) is 16.8. The van der Waals surface area contributed by atoms with Crippen LogP contribution in [0.1, 0.15) is 40.9 Å². The Balaban J connectivity index is 0.000000224. The molecule has 1 heterocycles. The Bertz CT molecular complexity index is 996. The first-order chi connectivity index (χ1) is 13.8. The minimum Gasteiger partial charge on any atom is -0.293 e. The van der Waals surface area contributed by atoms with Gasteiger partial charge in [-0.05, 0) is 73.4 Å². The van der Waals surface area contributed by atoms with Gasteiger partial charge in [0.2, 0.25) is 0 Å². The van der Waals surface area contributed by atoms with E-state index >= 15 is 0 Å². The molecule has 150 valence electrons. The molecule has 0 aromatic heterocycles. The van der Waals surface area contributed by atoms with Gasteiger partial charge in [0.25, 0.3) is 0 Å². The Morgan fingerprint density at radius 2 is 1.52 bits per heavy atom. The van der Waals surface area contributed by atoms with Crippen LogP contribution in [0.2, 0.25) is 0 Å². The standard InChI is InChI=1S/C17H15FOS.C8H9F/c1-11-3-8-14-15(9-11)20-10-17(2,16(14)19)12-4-6-13(18)7-5-12;1-2-7-3-5-8(9)6-4-7/h3-9H,10H2,1-2H3;3-6H,2H2,1H3. The predicted octanol–water partition coefficient (Wildman–Crippen LogP) is 6.77. The van der Waals surface area contributed by atoms with E-state index in [1.807, 2.05) is 32.9 Å². The molecule has 0 fully saturated rings. The van der Waals surface area contributed by atoms with Crippen molar-refractivity contribution >= 4 is 17.5 Å². The van der Waals surface area contributed by atoms with Crippen molar-refractivity contribution in [2.75, 3.05) is 5.75 Å². The van der Waals surface area contributed by atoms with E-state index < -0.39 is 5.41 Å². The Kier molecular flexibility index (Phi) is 6.53. The quantitative estimate of drug-likeness (QED) is 0.464. The molecule has 0 aliphatic carbocycles. The molecule has 1 unspecified atom stereocenters. The number of hydrogen-bond acceptors (Lipinski definition) is 2. The predicted molar refractivity (Wildman–Crippen MR) is 116 cm³/mol. The van der Waals surface area contributed by atoms with Crippen molar-refractivity contribution in [1.29, 1.82) is 0 Å². The fraction of sp³-hybridized carbons (Fsp3) is 0.240. The van der Waals surface area contributed by atoms with Crippen LogP contribution < -0.4 is 0 Å². The summed E-state index contributed by atoms with van der Waals surface area (Å²) in [6.07, 6.45) is 0.972. The second-order valence-corrected chi connectivity index (χ2v) is 8.45. The van der Waals surface area contributed by atoms with E-state index in [1.54, 1.807) is 36.0 Å². The van der Waals surface area contributed by atoms with Crippen molar-refractivity contribution in [2.45, 2.75) is 37.5 Å². The number of aryl methyl sites for hydroxylation is 2. The maximum Gasteiger partial charge on any atom is 0.175 e. The molecule has 1 aliphatic heterocycles. The first kappa shape index (κ1) is 21.3. The van der Waals surface area contributed by atoms with Crippen molar-refractivity contribution in [2.24, 2.45) is 0 Å². The Labute approximate surface area is 175 Å². The SMILES string of the molecule is CCc1ccc(F)cc1.Cc1ccc2c(c1)SCC(C)(c1ccc(F)cc1)C2=O. The minimum absolute atomic E-state index is 0.123. The molecule has 0 bridgehead atoms. The van der Waals surface area contributed by atoms with Crippen molar-refractivity contribution in [3.8, 4) is 0 Å². The van der Waals surface area contributed by atoms with E-state index in [1.165, 1.54) is 29.8 Å². The summed E-state index contributed by atoms with van der Waals surface area (Å²) in [5.41, 5.74) is 3.41. The van der Waals surface area contributed by atoms with Crippen LogP contribution in [0.15, 0.2) is 71.6 Å². The summed E-state index contributed by atoms with van der Waals surface area (Å²) >= 11 is 1.70. The van der Waals surface area contributed by atoms with E-state index in [-0.39, 0.29) is 17.4 Å². The van der Waals surface area contributed by atoms with Crippen molar-refractivity contribution in [3.63, 3.8) is 0 Å². The Morgan fingerprint density at radius 3 is 2.10 bits per heavy atom. The minimum atomic E-state index is -0.583. The highest BCUT2D eigenvalue weighted by atomic mass is 32.2. The first-order valence-electron chi connectivity index (χ1n) is 9.62. The van der Waals surface area contributed by atoms with E-state index in [0.29, 0.717) is 5.75 Å². The molecule has 0 saturated heterocycles. The average Bonchev–Trinajstić information content (AvgIpc) is 2.72. The topological polar surface area (TPSA) is 17.1 Å².